The summed E-state index contributed by atoms with van der Waals surface area (Å²) in [5.74, 6) is -0.373. The van der Waals surface area contributed by atoms with Gasteiger partial charge in [-0.05, 0) is 43.0 Å². The summed E-state index contributed by atoms with van der Waals surface area (Å²) in [6, 6.07) is 10.7. The van der Waals surface area contributed by atoms with Gasteiger partial charge in [-0.15, -0.1) is 11.3 Å². The van der Waals surface area contributed by atoms with E-state index in [4.69, 9.17) is 4.74 Å². The summed E-state index contributed by atoms with van der Waals surface area (Å²) in [6.45, 7) is -2.98. The summed E-state index contributed by atoms with van der Waals surface area (Å²) >= 11 is 1.11. The van der Waals surface area contributed by atoms with Gasteiger partial charge in [0, 0.05) is 17.0 Å². The first-order valence-electron chi connectivity index (χ1n) is 9.34. The lowest BCUT2D eigenvalue weighted by Crippen LogP contribution is -2.19. The van der Waals surface area contributed by atoms with Crippen LogP contribution in [-0.4, -0.2) is 40.1 Å². The van der Waals surface area contributed by atoms with Gasteiger partial charge in [-0.3, -0.25) is 10.1 Å². The third kappa shape index (κ3) is 6.12. The number of alkyl halides is 2. The van der Waals surface area contributed by atoms with Crippen LogP contribution in [0.3, 0.4) is 0 Å². The summed E-state index contributed by atoms with van der Waals surface area (Å²) in [7, 11) is -1.12. The van der Waals surface area contributed by atoms with Gasteiger partial charge in [-0.2, -0.15) is 8.78 Å². The number of halogens is 2. The Morgan fingerprint density at radius 3 is 2.64 bits per heavy atom. The highest BCUT2D eigenvalue weighted by molar-refractivity contribution is 7.89. The van der Waals surface area contributed by atoms with E-state index in [1.807, 2.05) is 0 Å². The minimum absolute atomic E-state index is 0.0256. The smallest absolute Gasteiger partial charge is 0.387 e. The molecule has 3 aromatic rings. The number of anilines is 1. The normalized spacial score (nSPS) is 11.7. The molecule has 1 heterocycles. The van der Waals surface area contributed by atoms with Crippen LogP contribution in [0.15, 0.2) is 58.8 Å². The quantitative estimate of drug-likeness (QED) is 0.435. The predicted molar refractivity (Wildman–Crippen MR) is 121 cm³/mol. The fraction of sp³-hybridized carbons (Fsp3) is 0.143. The Labute approximate surface area is 192 Å². The van der Waals surface area contributed by atoms with Crippen LogP contribution in [0.2, 0.25) is 0 Å². The summed E-state index contributed by atoms with van der Waals surface area (Å²) in [6.07, 6.45) is 2.65. The first kappa shape index (κ1) is 24.3. The highest BCUT2D eigenvalue weighted by atomic mass is 32.2. The van der Waals surface area contributed by atoms with Crippen LogP contribution in [0, 0.1) is 0 Å². The molecule has 2 N–H and O–H groups in total. The average molecular weight is 496 g/mol. The molecule has 0 saturated carbocycles. The molecule has 0 spiro atoms. The van der Waals surface area contributed by atoms with Gasteiger partial charge in [0.05, 0.1) is 12.8 Å². The van der Waals surface area contributed by atoms with Gasteiger partial charge >= 0.3 is 6.61 Å². The zero-order valence-corrected chi connectivity index (χ0v) is 19.0. The molecule has 0 unspecified atom stereocenters. The van der Waals surface area contributed by atoms with Crippen molar-refractivity contribution in [3.05, 3.63) is 59.5 Å². The predicted octanol–water partition coefficient (Wildman–Crippen LogP) is 3.98. The van der Waals surface area contributed by atoms with Gasteiger partial charge in [-0.1, -0.05) is 18.2 Å². The van der Waals surface area contributed by atoms with E-state index in [2.05, 4.69) is 19.8 Å². The zero-order chi connectivity index (χ0) is 24.0. The number of hydrogen-bond donors (Lipinski definition) is 2. The first-order chi connectivity index (χ1) is 15.7. The van der Waals surface area contributed by atoms with Crippen LogP contribution in [0.5, 0.6) is 11.5 Å². The number of carbonyl (C=O) groups is 1. The topological polar surface area (TPSA) is 107 Å². The molecule has 3 rings (SSSR count). The molecule has 33 heavy (non-hydrogen) atoms. The van der Waals surface area contributed by atoms with Crippen molar-refractivity contribution in [1.82, 2.24) is 9.71 Å². The highest BCUT2D eigenvalue weighted by Gasteiger charge is 2.18. The maximum Gasteiger partial charge on any atom is 0.387 e. The number of carbonyl (C=O) groups excluding carboxylic acids is 1. The fourth-order valence-corrected chi connectivity index (χ4v) is 4.41. The Bertz CT molecular complexity index is 1280. The van der Waals surface area contributed by atoms with Gasteiger partial charge in [0.15, 0.2) is 5.13 Å². The second kappa shape index (κ2) is 10.5. The molecule has 12 heteroatoms. The Morgan fingerprint density at radius 2 is 1.94 bits per heavy atom. The number of rotatable bonds is 9. The lowest BCUT2D eigenvalue weighted by molar-refractivity contribution is -0.111. The number of methoxy groups -OCH3 is 1. The molecule has 0 saturated heterocycles. The minimum Gasteiger partial charge on any atom is -0.495 e. The van der Waals surface area contributed by atoms with E-state index >= 15 is 0 Å². The van der Waals surface area contributed by atoms with Crippen LogP contribution < -0.4 is 19.5 Å². The van der Waals surface area contributed by atoms with Crippen molar-refractivity contribution >= 4 is 38.5 Å². The lowest BCUT2D eigenvalue weighted by atomic mass is 10.1. The van der Waals surface area contributed by atoms with Crippen LogP contribution in [0.25, 0.3) is 17.3 Å². The molecule has 0 bridgehead atoms. The minimum atomic E-state index is -3.76. The van der Waals surface area contributed by atoms with Crippen LogP contribution in [0.1, 0.15) is 5.56 Å². The zero-order valence-electron chi connectivity index (χ0n) is 17.4. The van der Waals surface area contributed by atoms with E-state index in [0.717, 1.165) is 11.3 Å². The van der Waals surface area contributed by atoms with E-state index in [-0.39, 0.29) is 21.5 Å². The summed E-state index contributed by atoms with van der Waals surface area (Å²) in [4.78, 5) is 16.5. The SMILES string of the molecule is CNS(=O)(=O)c1cc(/C=C/C(=O)Nc2nc(-c3ccccc3OC(F)F)cs2)ccc1OC. The van der Waals surface area contributed by atoms with Crippen molar-refractivity contribution in [3.8, 4) is 22.8 Å². The molecule has 1 amide bonds. The number of para-hydroxylation sites is 1. The van der Waals surface area contributed by atoms with E-state index in [9.17, 15) is 22.0 Å². The number of ether oxygens (including phenoxy) is 2. The Hall–Kier alpha value is -3.35. The second-order valence-electron chi connectivity index (χ2n) is 6.35. The summed E-state index contributed by atoms with van der Waals surface area (Å²) in [5, 5.41) is 4.43. The third-order valence-corrected chi connectivity index (χ3v) is 6.48. The number of nitrogens with one attached hydrogen (secondary N) is 2. The monoisotopic (exact) mass is 495 g/mol. The fourth-order valence-electron chi connectivity index (χ4n) is 2.77. The van der Waals surface area contributed by atoms with E-state index in [1.54, 1.807) is 29.6 Å². The molecule has 0 aliphatic rings. The molecule has 0 aliphatic carbocycles. The van der Waals surface area contributed by atoms with Crippen LogP contribution in [-0.2, 0) is 14.8 Å². The molecule has 8 nitrogen and oxygen atoms in total. The average Bonchev–Trinajstić information content (AvgIpc) is 3.25. The number of aromatic nitrogens is 1. The molecule has 0 fully saturated rings. The van der Waals surface area contributed by atoms with Crippen LogP contribution in [0.4, 0.5) is 13.9 Å². The van der Waals surface area contributed by atoms with E-state index in [0.29, 0.717) is 16.8 Å². The largest absolute Gasteiger partial charge is 0.495 e. The van der Waals surface area contributed by atoms with Gasteiger partial charge in [-0.25, -0.2) is 18.1 Å². The summed E-state index contributed by atoms with van der Waals surface area (Å²) < 4.78 is 61.4. The number of benzene rings is 2. The maximum atomic E-state index is 12.6. The van der Waals surface area contributed by atoms with Crippen molar-refractivity contribution in [2.45, 2.75) is 11.5 Å². The highest BCUT2D eigenvalue weighted by Crippen LogP contribution is 2.33. The van der Waals surface area contributed by atoms with E-state index < -0.39 is 22.5 Å². The maximum absolute atomic E-state index is 12.6. The number of sulfonamides is 1. The molecule has 0 atom stereocenters. The van der Waals surface area contributed by atoms with Crippen molar-refractivity contribution in [2.24, 2.45) is 0 Å². The number of amides is 1. The molecular formula is C21H19F2N3O5S2. The summed E-state index contributed by atoms with van der Waals surface area (Å²) in [5.41, 5.74) is 1.19. The lowest BCUT2D eigenvalue weighted by Gasteiger charge is -2.09. The van der Waals surface area contributed by atoms with Gasteiger partial charge in [0.2, 0.25) is 15.9 Å². The molecule has 0 aliphatic heterocycles. The van der Waals surface area contributed by atoms with Crippen molar-refractivity contribution < 1.29 is 31.5 Å². The van der Waals surface area contributed by atoms with Gasteiger partial charge in [0.1, 0.15) is 16.4 Å². The van der Waals surface area contributed by atoms with Crippen molar-refractivity contribution in [3.63, 3.8) is 0 Å². The Kier molecular flexibility index (Phi) is 7.74. The molecule has 1 aromatic heterocycles. The molecule has 174 valence electrons. The number of nitrogens with zero attached hydrogens (tertiary/aromatic N) is 1. The first-order valence-corrected chi connectivity index (χ1v) is 11.7. The third-order valence-electron chi connectivity index (χ3n) is 4.29. The van der Waals surface area contributed by atoms with Gasteiger partial charge < -0.3 is 9.47 Å². The molecule has 2 aromatic carbocycles. The number of hydrogen-bond acceptors (Lipinski definition) is 7. The van der Waals surface area contributed by atoms with Crippen molar-refractivity contribution in [2.75, 3.05) is 19.5 Å². The standard InChI is InChI=1S/C21H19F2N3O5S2/c1-24-33(28,29)18-11-13(7-9-17(18)30-2)8-10-19(27)26-21-25-15(12-32-21)14-5-3-4-6-16(14)31-20(22)23/h3-12,20,24H,1-2H3,(H,25,26,27)/b10-8+. The van der Waals surface area contributed by atoms with Crippen molar-refractivity contribution in [1.29, 1.82) is 0 Å². The Morgan fingerprint density at radius 1 is 1.18 bits per heavy atom. The molecular weight excluding hydrogens is 476 g/mol. The number of thiazole rings is 1. The second-order valence-corrected chi connectivity index (χ2v) is 9.07. The Balaban J connectivity index is 1.74. The molecule has 0 radical (unpaired) electrons. The van der Waals surface area contributed by atoms with Crippen LogP contribution >= 0.6 is 11.3 Å². The van der Waals surface area contributed by atoms with E-state index in [1.165, 1.54) is 44.5 Å². The van der Waals surface area contributed by atoms with Gasteiger partial charge in [0.25, 0.3) is 0 Å².